The average Bonchev–Trinajstić information content (AvgIpc) is 3.68. The van der Waals surface area contributed by atoms with Crippen molar-refractivity contribution in [3.8, 4) is 5.75 Å². The van der Waals surface area contributed by atoms with E-state index in [1.165, 1.54) is 19.6 Å². The summed E-state index contributed by atoms with van der Waals surface area (Å²) in [6, 6.07) is 8.82. The summed E-state index contributed by atoms with van der Waals surface area (Å²) in [4.78, 5) is 39.6. The van der Waals surface area contributed by atoms with Crippen molar-refractivity contribution in [1.29, 1.82) is 0 Å². The molecule has 2 saturated heterocycles. The zero-order chi connectivity index (χ0) is 36.2. The van der Waals surface area contributed by atoms with Gasteiger partial charge in [0.05, 0.1) is 29.2 Å². The Kier molecular flexibility index (Phi) is 9.24. The minimum absolute atomic E-state index is 0.0849. The average molecular weight is 694 g/mol. The zero-order valence-electron chi connectivity index (χ0n) is 29.6. The molecule has 4 aromatic rings. The second-order valence-corrected chi connectivity index (χ2v) is 14.6. The molecule has 15 heteroatoms. The van der Waals surface area contributed by atoms with Crippen molar-refractivity contribution in [2.45, 2.75) is 103 Å². The minimum atomic E-state index is -1.72. The lowest BCUT2D eigenvalue weighted by Gasteiger charge is -2.33. The molecule has 1 amide bonds. The van der Waals surface area contributed by atoms with Crippen molar-refractivity contribution in [1.82, 2.24) is 19.5 Å². The first-order valence-corrected chi connectivity index (χ1v) is 16.2. The van der Waals surface area contributed by atoms with Crippen LogP contribution in [0.3, 0.4) is 0 Å². The lowest BCUT2D eigenvalue weighted by Crippen LogP contribution is -2.48. The van der Waals surface area contributed by atoms with Gasteiger partial charge in [0.1, 0.15) is 48.2 Å². The fourth-order valence-electron chi connectivity index (χ4n) is 5.93. The largest absolute Gasteiger partial charge is 0.491 e. The Hall–Kier alpha value is -4.41. The number of hydrogen-bond acceptors (Lipinski definition) is 13. The Bertz CT molecular complexity index is 1900. The molecule has 0 bridgehead atoms. The number of carbonyl (C=O) groups is 2. The van der Waals surface area contributed by atoms with Crippen LogP contribution in [0.1, 0.15) is 72.0 Å². The van der Waals surface area contributed by atoms with Crippen LogP contribution in [0.5, 0.6) is 5.75 Å². The predicted molar refractivity (Wildman–Crippen MR) is 179 cm³/mol. The summed E-state index contributed by atoms with van der Waals surface area (Å²) in [5.74, 6) is -0.721. The van der Waals surface area contributed by atoms with Crippen LogP contribution in [0.25, 0.3) is 21.9 Å². The Morgan fingerprint density at radius 2 is 1.76 bits per heavy atom. The van der Waals surface area contributed by atoms with Gasteiger partial charge in [-0.2, -0.15) is 0 Å². The molecular weight excluding hydrogens is 650 g/mol. The molecule has 1 aromatic carbocycles. The Labute approximate surface area is 289 Å². The van der Waals surface area contributed by atoms with Gasteiger partial charge in [0.15, 0.2) is 17.8 Å². The molecule has 6 rings (SSSR count). The highest BCUT2D eigenvalue weighted by atomic mass is 16.8. The van der Waals surface area contributed by atoms with Crippen LogP contribution in [-0.4, -0.2) is 92.1 Å². The van der Waals surface area contributed by atoms with E-state index in [2.05, 4.69) is 15.0 Å². The number of carbonyl (C=O) groups excluding carboxylic acids is 2. The number of hydrogen-bond donors (Lipinski definition) is 1. The van der Waals surface area contributed by atoms with Crippen molar-refractivity contribution in [3.63, 3.8) is 0 Å². The highest BCUT2D eigenvalue weighted by molar-refractivity contribution is 5.98. The Morgan fingerprint density at radius 1 is 1.02 bits per heavy atom. The third-order valence-electron chi connectivity index (χ3n) is 7.88. The van der Waals surface area contributed by atoms with Crippen molar-refractivity contribution in [3.05, 3.63) is 54.6 Å². The van der Waals surface area contributed by atoms with Crippen LogP contribution in [0.2, 0.25) is 0 Å². The number of pyridine rings is 1. The van der Waals surface area contributed by atoms with Gasteiger partial charge in [0.25, 0.3) is 0 Å². The molecule has 5 heterocycles. The molecule has 1 unspecified atom stereocenters. The van der Waals surface area contributed by atoms with Gasteiger partial charge in [-0.05, 0) is 79.7 Å². The van der Waals surface area contributed by atoms with Crippen LogP contribution in [-0.2, 0) is 28.4 Å². The topological polar surface area (TPSA) is 166 Å². The SMILES string of the molecule is COC(=O)c1cnc2cc(OC[C@H]3O[C@@H](n4ccc5c(N(C(=O)OC(C)(C)C)C(O)OC(C)(C)C)ncnc54)[C@@H]4OC(C)(C)O[C@@H]43)ccc2c1. The van der Waals surface area contributed by atoms with Crippen molar-refractivity contribution >= 4 is 39.8 Å². The molecule has 0 radical (unpaired) electrons. The highest BCUT2D eigenvalue weighted by Crippen LogP contribution is 2.44. The molecule has 1 N–H and O–H groups in total. The molecule has 50 heavy (non-hydrogen) atoms. The monoisotopic (exact) mass is 693 g/mol. The molecule has 0 aliphatic carbocycles. The molecule has 5 atom stereocenters. The fourth-order valence-corrected chi connectivity index (χ4v) is 5.93. The summed E-state index contributed by atoms with van der Waals surface area (Å²) >= 11 is 0. The van der Waals surface area contributed by atoms with E-state index >= 15 is 0 Å². The summed E-state index contributed by atoms with van der Waals surface area (Å²) in [7, 11) is 1.32. The summed E-state index contributed by atoms with van der Waals surface area (Å²) in [6.07, 6.45) is -0.335. The lowest BCUT2D eigenvalue weighted by atomic mass is 10.1. The standard InChI is InChI=1S/C35H43N5O10/c1-33(2,3)49-31(42)40(32(43)50-34(4,5)6)28-22-12-13-39(27(22)37-18-38-28)29-26-25(47-35(7,8)48-26)24(46-29)17-45-21-11-10-19-14-20(30(41)44-9)16-36-23(19)15-21/h10-16,18,24-26,29,31,42H,17H2,1-9H3/t24-,25-,26-,29-,31?/m1/s1. The van der Waals surface area contributed by atoms with E-state index in [-0.39, 0.29) is 12.4 Å². The maximum Gasteiger partial charge on any atom is 0.420 e. The van der Waals surface area contributed by atoms with Gasteiger partial charge in [-0.1, -0.05) is 0 Å². The number of methoxy groups -OCH3 is 1. The lowest BCUT2D eigenvalue weighted by molar-refractivity contribution is -0.198. The van der Waals surface area contributed by atoms with E-state index in [9.17, 15) is 14.7 Å². The smallest absolute Gasteiger partial charge is 0.420 e. The molecule has 2 aliphatic rings. The number of anilines is 1. The third kappa shape index (κ3) is 7.37. The van der Waals surface area contributed by atoms with Gasteiger partial charge in [-0.15, -0.1) is 0 Å². The third-order valence-corrected chi connectivity index (χ3v) is 7.88. The van der Waals surface area contributed by atoms with Crippen molar-refractivity contribution in [2.75, 3.05) is 18.6 Å². The summed E-state index contributed by atoms with van der Waals surface area (Å²) in [5.41, 5.74) is -0.244. The van der Waals surface area contributed by atoms with Crippen LogP contribution < -0.4 is 9.64 Å². The van der Waals surface area contributed by atoms with E-state index in [1.807, 2.05) is 19.9 Å². The maximum atomic E-state index is 13.5. The van der Waals surface area contributed by atoms with Crippen LogP contribution in [0, 0.1) is 0 Å². The second kappa shape index (κ2) is 13.0. The van der Waals surface area contributed by atoms with Gasteiger partial charge in [-0.25, -0.2) is 24.5 Å². The van der Waals surface area contributed by atoms with Crippen LogP contribution >= 0.6 is 0 Å². The predicted octanol–water partition coefficient (Wildman–Crippen LogP) is 5.10. The van der Waals surface area contributed by atoms with E-state index in [0.717, 1.165) is 10.3 Å². The van der Waals surface area contributed by atoms with E-state index < -0.39 is 60.0 Å². The number of aromatic nitrogens is 4. The highest BCUT2D eigenvalue weighted by Gasteiger charge is 2.56. The molecule has 15 nitrogen and oxygen atoms in total. The van der Waals surface area contributed by atoms with E-state index in [1.54, 1.807) is 76.6 Å². The number of rotatable bonds is 8. The van der Waals surface area contributed by atoms with Gasteiger partial charge in [0, 0.05) is 23.8 Å². The number of amides is 1. The molecule has 2 aliphatic heterocycles. The molecule has 3 aromatic heterocycles. The Morgan fingerprint density at radius 3 is 2.46 bits per heavy atom. The first kappa shape index (κ1) is 35.4. The normalized spacial score (nSPS) is 22.4. The molecule has 0 spiro atoms. The molecule has 2 fully saturated rings. The second-order valence-electron chi connectivity index (χ2n) is 14.6. The van der Waals surface area contributed by atoms with Crippen molar-refractivity contribution in [2.24, 2.45) is 0 Å². The number of nitrogens with zero attached hydrogens (tertiary/aromatic N) is 5. The van der Waals surface area contributed by atoms with E-state index in [4.69, 9.17) is 33.2 Å². The van der Waals surface area contributed by atoms with Gasteiger partial charge >= 0.3 is 12.1 Å². The maximum absolute atomic E-state index is 13.5. The summed E-state index contributed by atoms with van der Waals surface area (Å²) < 4.78 is 43.3. The number of aliphatic hydroxyl groups is 1. The summed E-state index contributed by atoms with van der Waals surface area (Å²) in [6.45, 7) is 14.3. The van der Waals surface area contributed by atoms with Crippen LogP contribution in [0.4, 0.5) is 10.6 Å². The Balaban J connectivity index is 1.28. The van der Waals surface area contributed by atoms with Gasteiger partial charge in [0.2, 0.25) is 6.41 Å². The number of ether oxygens (including phenoxy) is 7. The number of aliphatic hydroxyl groups excluding tert-OH is 1. The quantitative estimate of drug-likeness (QED) is 0.192. The van der Waals surface area contributed by atoms with Gasteiger partial charge < -0.3 is 42.8 Å². The molecule has 0 saturated carbocycles. The van der Waals surface area contributed by atoms with Gasteiger partial charge in [-0.3, -0.25) is 4.98 Å². The van der Waals surface area contributed by atoms with E-state index in [0.29, 0.717) is 27.9 Å². The van der Waals surface area contributed by atoms with Crippen LogP contribution in [0.15, 0.2) is 49.1 Å². The minimum Gasteiger partial charge on any atom is -0.491 e. The first-order chi connectivity index (χ1) is 23.4. The number of esters is 1. The first-order valence-electron chi connectivity index (χ1n) is 16.2. The summed E-state index contributed by atoms with van der Waals surface area (Å²) in [5, 5.41) is 12.3. The number of benzene rings is 1. The fraction of sp³-hybridized carbons (Fsp3) is 0.514. The number of fused-ring (bicyclic) bond motifs is 3. The molecule has 268 valence electrons. The van der Waals surface area contributed by atoms with Crippen molar-refractivity contribution < 1.29 is 47.9 Å². The zero-order valence-corrected chi connectivity index (χ0v) is 29.6. The molecular formula is C35H43N5O10.